The zero-order chi connectivity index (χ0) is 17.4. The summed E-state index contributed by atoms with van der Waals surface area (Å²) in [6.07, 6.45) is 5.91. The van der Waals surface area contributed by atoms with E-state index in [1.165, 1.54) is 19.3 Å². The Morgan fingerprint density at radius 1 is 0.875 bits per heavy atom. The minimum absolute atomic E-state index is 0. The topological polar surface area (TPSA) is 82.1 Å². The fourth-order valence-corrected chi connectivity index (χ4v) is 2.65. The number of unbranched alkanes of at least 4 members (excludes halogenated alkanes) is 2. The molecule has 0 bridgehead atoms. The third-order valence-electron chi connectivity index (χ3n) is 3.58. The average Bonchev–Trinajstić information content (AvgIpc) is 2.50. The van der Waals surface area contributed by atoms with Crippen molar-refractivity contribution in [3.05, 3.63) is 0 Å². The van der Waals surface area contributed by atoms with Gasteiger partial charge >= 0.3 is 29.6 Å². The van der Waals surface area contributed by atoms with Crippen LogP contribution in [0.4, 0.5) is 0 Å². The van der Waals surface area contributed by atoms with E-state index < -0.39 is 10.1 Å². The summed E-state index contributed by atoms with van der Waals surface area (Å²) in [5, 5.41) is 0. The summed E-state index contributed by atoms with van der Waals surface area (Å²) in [5.41, 5.74) is 0. The molecule has 0 aromatic rings. The van der Waals surface area contributed by atoms with Crippen LogP contribution in [0.3, 0.4) is 0 Å². The van der Waals surface area contributed by atoms with Crippen LogP contribution in [0.15, 0.2) is 0 Å². The van der Waals surface area contributed by atoms with E-state index in [9.17, 15) is 8.42 Å². The average molecular weight is 379 g/mol. The van der Waals surface area contributed by atoms with Crippen LogP contribution in [-0.2, 0) is 24.3 Å². The van der Waals surface area contributed by atoms with E-state index in [4.69, 9.17) is 18.8 Å². The second kappa shape index (κ2) is 18.6. The Labute approximate surface area is 170 Å². The van der Waals surface area contributed by atoms with Gasteiger partial charge in [-0.3, -0.25) is 4.55 Å². The SMILES string of the molecule is CCCCC(CC)COCCOCCOCCCCS(=O)(=O)O.[NaH]. The Hall–Kier alpha value is 0.790. The molecular formula is C16H35NaO6S. The van der Waals surface area contributed by atoms with Gasteiger partial charge in [-0.1, -0.05) is 33.1 Å². The summed E-state index contributed by atoms with van der Waals surface area (Å²) in [7, 11) is -3.84. The summed E-state index contributed by atoms with van der Waals surface area (Å²) < 4.78 is 45.9. The number of rotatable bonds is 17. The Balaban J connectivity index is 0. The third kappa shape index (κ3) is 20.8. The van der Waals surface area contributed by atoms with E-state index in [-0.39, 0.29) is 35.3 Å². The molecule has 0 aromatic carbocycles. The maximum atomic E-state index is 10.5. The molecule has 0 radical (unpaired) electrons. The fourth-order valence-electron chi connectivity index (χ4n) is 2.08. The van der Waals surface area contributed by atoms with E-state index in [1.54, 1.807) is 0 Å². The Bertz CT molecular complexity index is 350. The number of hydrogen-bond acceptors (Lipinski definition) is 5. The molecule has 0 aliphatic carbocycles. The van der Waals surface area contributed by atoms with E-state index in [0.717, 1.165) is 13.0 Å². The van der Waals surface area contributed by atoms with Crippen molar-refractivity contribution < 1.29 is 27.2 Å². The summed E-state index contributed by atoms with van der Waals surface area (Å²) in [5.74, 6) is 0.447. The van der Waals surface area contributed by atoms with Crippen molar-refractivity contribution in [2.45, 2.75) is 52.4 Å². The summed E-state index contributed by atoms with van der Waals surface area (Å²) in [6.45, 7) is 7.86. The van der Waals surface area contributed by atoms with Crippen molar-refractivity contribution in [1.29, 1.82) is 0 Å². The third-order valence-corrected chi connectivity index (χ3v) is 4.39. The first-order valence-electron chi connectivity index (χ1n) is 8.68. The maximum absolute atomic E-state index is 10.5. The molecule has 1 atom stereocenters. The van der Waals surface area contributed by atoms with E-state index in [0.29, 0.717) is 51.8 Å². The second-order valence-electron chi connectivity index (χ2n) is 5.71. The first-order valence-corrected chi connectivity index (χ1v) is 10.3. The van der Waals surface area contributed by atoms with Crippen molar-refractivity contribution in [3.63, 3.8) is 0 Å². The van der Waals surface area contributed by atoms with Gasteiger partial charge in [0.05, 0.1) is 32.2 Å². The van der Waals surface area contributed by atoms with Crippen molar-refractivity contribution in [2.75, 3.05) is 45.4 Å². The molecule has 6 nitrogen and oxygen atoms in total. The molecule has 0 amide bonds. The van der Waals surface area contributed by atoms with Gasteiger partial charge in [0.25, 0.3) is 10.1 Å². The van der Waals surface area contributed by atoms with Crippen LogP contribution in [0.5, 0.6) is 0 Å². The van der Waals surface area contributed by atoms with Crippen molar-refractivity contribution >= 4 is 39.7 Å². The van der Waals surface area contributed by atoms with Crippen LogP contribution < -0.4 is 0 Å². The van der Waals surface area contributed by atoms with E-state index >= 15 is 0 Å². The van der Waals surface area contributed by atoms with E-state index in [1.807, 2.05) is 0 Å². The predicted octanol–water partition coefficient (Wildman–Crippen LogP) is 2.27. The molecule has 0 saturated carbocycles. The van der Waals surface area contributed by atoms with Gasteiger partial charge in [-0.05, 0) is 25.2 Å². The molecule has 0 aliphatic rings. The van der Waals surface area contributed by atoms with Gasteiger partial charge in [-0.2, -0.15) is 8.42 Å². The first kappa shape index (κ1) is 27.0. The fraction of sp³-hybridized carbons (Fsp3) is 1.00. The summed E-state index contributed by atoms with van der Waals surface area (Å²) in [6, 6.07) is 0. The normalized spacial score (nSPS) is 12.8. The molecular weight excluding hydrogens is 343 g/mol. The van der Waals surface area contributed by atoms with Gasteiger partial charge in [-0.15, -0.1) is 0 Å². The molecule has 0 aromatic heterocycles. The van der Waals surface area contributed by atoms with Crippen LogP contribution >= 0.6 is 0 Å². The van der Waals surface area contributed by atoms with Crippen LogP contribution in [0, 0.1) is 5.92 Å². The zero-order valence-electron chi connectivity index (χ0n) is 14.7. The number of ether oxygens (including phenoxy) is 3. The first-order chi connectivity index (χ1) is 11.0. The summed E-state index contributed by atoms with van der Waals surface area (Å²) >= 11 is 0. The van der Waals surface area contributed by atoms with Crippen LogP contribution in [0.2, 0.25) is 0 Å². The van der Waals surface area contributed by atoms with Crippen molar-refractivity contribution in [1.82, 2.24) is 0 Å². The molecule has 0 heterocycles. The standard InChI is InChI=1S/C16H34O6S.Na.H/c1-3-5-8-16(4-2)15-22-13-12-21-11-10-20-9-6-7-14-23(17,18)19;;/h16H,3-15H2,1-2H3,(H,17,18,19);;. The molecule has 0 rings (SSSR count). The molecule has 1 N–H and O–H groups in total. The molecule has 142 valence electrons. The molecule has 0 fully saturated rings. The quantitative estimate of drug-likeness (QED) is 0.238. The van der Waals surface area contributed by atoms with Gasteiger partial charge in [0.1, 0.15) is 0 Å². The Kier molecular flexibility index (Phi) is 20.9. The second-order valence-corrected chi connectivity index (χ2v) is 7.28. The molecule has 0 aliphatic heterocycles. The predicted molar refractivity (Wildman–Crippen MR) is 98.6 cm³/mol. The molecule has 8 heteroatoms. The monoisotopic (exact) mass is 378 g/mol. The van der Waals surface area contributed by atoms with Crippen LogP contribution in [-0.4, -0.2) is 87.9 Å². The molecule has 24 heavy (non-hydrogen) atoms. The van der Waals surface area contributed by atoms with E-state index in [2.05, 4.69) is 13.8 Å². The van der Waals surface area contributed by atoms with Crippen LogP contribution in [0.1, 0.15) is 52.4 Å². The minimum atomic E-state index is -3.84. The van der Waals surface area contributed by atoms with Crippen molar-refractivity contribution in [3.8, 4) is 0 Å². The van der Waals surface area contributed by atoms with Gasteiger partial charge in [0, 0.05) is 13.2 Å². The zero-order valence-corrected chi connectivity index (χ0v) is 15.5. The molecule has 0 saturated heterocycles. The Morgan fingerprint density at radius 3 is 2.00 bits per heavy atom. The van der Waals surface area contributed by atoms with Crippen molar-refractivity contribution in [2.24, 2.45) is 5.92 Å². The van der Waals surface area contributed by atoms with Gasteiger partial charge < -0.3 is 14.2 Å². The molecule has 0 spiro atoms. The van der Waals surface area contributed by atoms with Gasteiger partial charge in [-0.25, -0.2) is 0 Å². The van der Waals surface area contributed by atoms with Gasteiger partial charge in [0.2, 0.25) is 0 Å². The Morgan fingerprint density at radius 2 is 1.46 bits per heavy atom. The van der Waals surface area contributed by atoms with Gasteiger partial charge in [0.15, 0.2) is 0 Å². The van der Waals surface area contributed by atoms with Crippen LogP contribution in [0.25, 0.3) is 0 Å². The molecule has 1 unspecified atom stereocenters. The summed E-state index contributed by atoms with van der Waals surface area (Å²) in [4.78, 5) is 0. The number of hydrogen-bond donors (Lipinski definition) is 1.